The monoisotopic (exact) mass is 217 g/mol. The van der Waals surface area contributed by atoms with E-state index in [0.717, 1.165) is 29.6 Å². The van der Waals surface area contributed by atoms with E-state index in [1.54, 1.807) is 0 Å². The minimum absolute atomic E-state index is 0.0340. The zero-order chi connectivity index (χ0) is 11.5. The van der Waals surface area contributed by atoms with Gasteiger partial charge in [0.1, 0.15) is 11.3 Å². The Balaban J connectivity index is 2.29. The van der Waals surface area contributed by atoms with Gasteiger partial charge in [-0.1, -0.05) is 38.0 Å². The molecule has 2 nitrogen and oxygen atoms in total. The number of fused-ring (bicyclic) bond motifs is 1. The third kappa shape index (κ3) is 2.12. The summed E-state index contributed by atoms with van der Waals surface area (Å²) in [7, 11) is 0. The fourth-order valence-corrected chi connectivity index (χ4v) is 1.98. The molecule has 1 unspecified atom stereocenters. The molecule has 0 aliphatic heterocycles. The van der Waals surface area contributed by atoms with Crippen LogP contribution in [0.15, 0.2) is 28.7 Å². The molecular weight excluding hydrogens is 198 g/mol. The molecule has 2 rings (SSSR count). The molecule has 1 atom stereocenters. The molecule has 0 saturated heterocycles. The molecule has 0 radical (unpaired) electrons. The molecule has 0 spiro atoms. The Morgan fingerprint density at radius 3 is 2.88 bits per heavy atom. The predicted molar refractivity (Wildman–Crippen MR) is 67.4 cm³/mol. The third-order valence-corrected chi connectivity index (χ3v) is 2.99. The number of hydrogen-bond donors (Lipinski definition) is 1. The average molecular weight is 217 g/mol. The second-order valence-corrected chi connectivity index (χ2v) is 4.39. The maximum atomic E-state index is 6.10. The van der Waals surface area contributed by atoms with Gasteiger partial charge in [0.05, 0.1) is 6.04 Å². The highest BCUT2D eigenvalue weighted by Crippen LogP contribution is 2.27. The normalized spacial score (nSPS) is 13.2. The van der Waals surface area contributed by atoms with Crippen molar-refractivity contribution >= 4 is 11.0 Å². The first kappa shape index (κ1) is 11.2. The zero-order valence-corrected chi connectivity index (χ0v) is 9.99. The number of rotatable bonds is 4. The molecule has 2 heteroatoms. The first-order valence-corrected chi connectivity index (χ1v) is 5.97. The molecule has 2 N–H and O–H groups in total. The van der Waals surface area contributed by atoms with E-state index in [-0.39, 0.29) is 6.04 Å². The number of para-hydroxylation sites is 1. The van der Waals surface area contributed by atoms with Crippen LogP contribution in [-0.2, 0) is 0 Å². The van der Waals surface area contributed by atoms with E-state index in [0.29, 0.717) is 0 Å². The van der Waals surface area contributed by atoms with Gasteiger partial charge in [-0.15, -0.1) is 0 Å². The van der Waals surface area contributed by atoms with E-state index in [2.05, 4.69) is 38.1 Å². The second kappa shape index (κ2) is 4.71. The Hall–Kier alpha value is -1.28. The lowest BCUT2D eigenvalue weighted by Gasteiger charge is -2.06. The quantitative estimate of drug-likeness (QED) is 0.842. The molecule has 1 aromatic carbocycles. The fraction of sp³-hybridized carbons (Fsp3) is 0.429. The van der Waals surface area contributed by atoms with Crippen molar-refractivity contribution in [3.05, 3.63) is 35.6 Å². The van der Waals surface area contributed by atoms with Crippen LogP contribution in [0.5, 0.6) is 0 Å². The number of nitrogens with two attached hydrogens (primary N) is 1. The molecule has 16 heavy (non-hydrogen) atoms. The van der Waals surface area contributed by atoms with Crippen molar-refractivity contribution in [1.29, 1.82) is 0 Å². The molecule has 0 saturated carbocycles. The van der Waals surface area contributed by atoms with Crippen molar-refractivity contribution < 1.29 is 4.42 Å². The molecule has 0 aliphatic carbocycles. The Labute approximate surface area is 96.4 Å². The molecule has 1 aromatic heterocycles. The molecule has 0 fully saturated rings. The van der Waals surface area contributed by atoms with Gasteiger partial charge in [-0.25, -0.2) is 0 Å². The second-order valence-electron chi connectivity index (χ2n) is 4.39. The topological polar surface area (TPSA) is 39.2 Å². The Bertz CT molecular complexity index is 473. The zero-order valence-electron chi connectivity index (χ0n) is 9.99. The highest BCUT2D eigenvalue weighted by Gasteiger charge is 2.12. The van der Waals surface area contributed by atoms with Gasteiger partial charge in [0.25, 0.3) is 0 Å². The van der Waals surface area contributed by atoms with E-state index < -0.39 is 0 Å². The Morgan fingerprint density at radius 1 is 1.38 bits per heavy atom. The molecule has 2 aromatic rings. The first-order chi connectivity index (χ1) is 7.72. The SMILES string of the molecule is CCCCC(N)c1cc2cccc(C)c2o1. The van der Waals surface area contributed by atoms with Crippen molar-refractivity contribution in [2.75, 3.05) is 0 Å². The first-order valence-electron chi connectivity index (χ1n) is 5.97. The summed E-state index contributed by atoms with van der Waals surface area (Å²) in [6.45, 7) is 4.24. The van der Waals surface area contributed by atoms with Gasteiger partial charge in [0.2, 0.25) is 0 Å². The summed E-state index contributed by atoms with van der Waals surface area (Å²) < 4.78 is 5.83. The van der Waals surface area contributed by atoms with Crippen molar-refractivity contribution in [3.8, 4) is 0 Å². The van der Waals surface area contributed by atoms with Gasteiger partial charge >= 0.3 is 0 Å². The van der Waals surface area contributed by atoms with Gasteiger partial charge < -0.3 is 10.2 Å². The van der Waals surface area contributed by atoms with Crippen LogP contribution in [-0.4, -0.2) is 0 Å². The van der Waals surface area contributed by atoms with Crippen LogP contribution in [0.4, 0.5) is 0 Å². The minimum atomic E-state index is 0.0340. The van der Waals surface area contributed by atoms with E-state index >= 15 is 0 Å². The van der Waals surface area contributed by atoms with E-state index in [1.165, 1.54) is 12.0 Å². The summed E-state index contributed by atoms with van der Waals surface area (Å²) in [4.78, 5) is 0. The Kier molecular flexibility index (Phi) is 3.30. The third-order valence-electron chi connectivity index (χ3n) is 2.99. The minimum Gasteiger partial charge on any atom is -0.459 e. The van der Waals surface area contributed by atoms with Crippen LogP contribution in [0.25, 0.3) is 11.0 Å². The van der Waals surface area contributed by atoms with Crippen LogP contribution in [0, 0.1) is 6.92 Å². The van der Waals surface area contributed by atoms with Gasteiger partial charge in [-0.3, -0.25) is 0 Å². The predicted octanol–water partition coefficient (Wildman–Crippen LogP) is 3.93. The molecule has 0 aliphatic rings. The van der Waals surface area contributed by atoms with Crippen molar-refractivity contribution in [3.63, 3.8) is 0 Å². The number of unbranched alkanes of at least 4 members (excludes halogenated alkanes) is 1. The van der Waals surface area contributed by atoms with Gasteiger partial charge in [0.15, 0.2) is 0 Å². The van der Waals surface area contributed by atoms with Gasteiger partial charge in [0, 0.05) is 5.39 Å². The van der Waals surface area contributed by atoms with Crippen LogP contribution in [0.3, 0.4) is 0 Å². The van der Waals surface area contributed by atoms with E-state index in [4.69, 9.17) is 10.2 Å². The largest absolute Gasteiger partial charge is 0.459 e. The molecule has 0 bridgehead atoms. The standard InChI is InChI=1S/C14H19NO/c1-3-4-8-12(15)13-9-11-7-5-6-10(2)14(11)16-13/h5-7,9,12H,3-4,8,15H2,1-2H3. The number of aryl methyl sites for hydroxylation is 1. The van der Waals surface area contributed by atoms with Crippen molar-refractivity contribution in [2.24, 2.45) is 5.73 Å². The van der Waals surface area contributed by atoms with Gasteiger partial charge in [-0.05, 0) is 25.0 Å². The maximum absolute atomic E-state index is 6.10. The average Bonchev–Trinajstić information content (AvgIpc) is 2.71. The summed E-state index contributed by atoms with van der Waals surface area (Å²) in [6.07, 6.45) is 3.32. The molecule has 0 amide bonds. The lowest BCUT2D eigenvalue weighted by atomic mass is 10.1. The van der Waals surface area contributed by atoms with Crippen LogP contribution < -0.4 is 5.73 Å². The van der Waals surface area contributed by atoms with Crippen LogP contribution in [0.1, 0.15) is 43.6 Å². The van der Waals surface area contributed by atoms with E-state index in [9.17, 15) is 0 Å². The Morgan fingerprint density at radius 2 is 2.19 bits per heavy atom. The number of benzene rings is 1. The summed E-state index contributed by atoms with van der Waals surface area (Å²) >= 11 is 0. The molecular formula is C14H19NO. The van der Waals surface area contributed by atoms with Crippen LogP contribution >= 0.6 is 0 Å². The van der Waals surface area contributed by atoms with Crippen molar-refractivity contribution in [2.45, 2.75) is 39.2 Å². The van der Waals surface area contributed by atoms with E-state index in [1.807, 2.05) is 0 Å². The van der Waals surface area contributed by atoms with Crippen molar-refractivity contribution in [1.82, 2.24) is 0 Å². The van der Waals surface area contributed by atoms with Crippen LogP contribution in [0.2, 0.25) is 0 Å². The maximum Gasteiger partial charge on any atom is 0.137 e. The van der Waals surface area contributed by atoms with Gasteiger partial charge in [-0.2, -0.15) is 0 Å². The lowest BCUT2D eigenvalue weighted by Crippen LogP contribution is -2.08. The smallest absolute Gasteiger partial charge is 0.137 e. The number of furan rings is 1. The summed E-state index contributed by atoms with van der Waals surface area (Å²) in [5.41, 5.74) is 8.25. The summed E-state index contributed by atoms with van der Waals surface area (Å²) in [6, 6.07) is 8.29. The number of hydrogen-bond acceptors (Lipinski definition) is 2. The highest BCUT2D eigenvalue weighted by molar-refractivity contribution is 5.80. The summed E-state index contributed by atoms with van der Waals surface area (Å²) in [5.74, 6) is 0.915. The molecule has 1 heterocycles. The lowest BCUT2D eigenvalue weighted by molar-refractivity contribution is 0.467. The molecule has 86 valence electrons. The fourth-order valence-electron chi connectivity index (χ4n) is 1.98. The summed E-state index contributed by atoms with van der Waals surface area (Å²) in [5, 5.41) is 1.15. The highest BCUT2D eigenvalue weighted by atomic mass is 16.3.